The number of hydrogen-bond donors (Lipinski definition) is 2. The van der Waals surface area contributed by atoms with E-state index < -0.39 is 24.7 Å². The zero-order chi connectivity index (χ0) is 12.0. The number of hydrazone groups is 1. The minimum atomic E-state index is -5.54. The smallest absolute Gasteiger partial charge is 0.337 e. The lowest BCUT2D eigenvalue weighted by atomic mass is 10.1. The molecule has 1 saturated heterocycles. The fourth-order valence-electron chi connectivity index (χ4n) is 1.64. The third-order valence-electron chi connectivity index (χ3n) is 2.56. The van der Waals surface area contributed by atoms with Crippen molar-refractivity contribution < 1.29 is 22.0 Å². The molecule has 2 aliphatic heterocycles. The molecule has 92 valence electrons. The van der Waals surface area contributed by atoms with E-state index in [1.54, 1.807) is 0 Å². The Morgan fingerprint density at radius 2 is 1.94 bits per heavy atom. The van der Waals surface area contributed by atoms with E-state index in [4.69, 9.17) is 0 Å². The molecule has 4 nitrogen and oxygen atoms in total. The van der Waals surface area contributed by atoms with Gasteiger partial charge < -0.3 is 4.90 Å². The van der Waals surface area contributed by atoms with E-state index in [-0.39, 0.29) is 13.2 Å². The Morgan fingerprint density at radius 3 is 2.56 bits per heavy atom. The van der Waals surface area contributed by atoms with E-state index in [1.807, 2.05) is 0 Å². The van der Waals surface area contributed by atoms with Gasteiger partial charge in [-0.1, -0.05) is 0 Å². The summed E-state index contributed by atoms with van der Waals surface area (Å²) in [6, 6.07) is -1.94. The first kappa shape index (κ1) is 11.4. The number of nitrogens with one attached hydrogen (secondary N) is 2. The molecule has 2 aliphatic rings. The highest BCUT2D eigenvalue weighted by Crippen LogP contribution is 2.38. The first-order valence-corrected chi connectivity index (χ1v) is 4.54. The Balaban J connectivity index is 2.10. The van der Waals surface area contributed by atoms with Gasteiger partial charge >= 0.3 is 12.1 Å². The van der Waals surface area contributed by atoms with Gasteiger partial charge in [0, 0.05) is 6.54 Å². The van der Waals surface area contributed by atoms with Crippen molar-refractivity contribution in [2.24, 2.45) is 5.10 Å². The molecule has 1 atom stereocenters. The summed E-state index contributed by atoms with van der Waals surface area (Å²) >= 11 is 0. The maximum Gasteiger partial charge on any atom is 0.455 e. The molecular weight excluding hydrogens is 235 g/mol. The summed E-state index contributed by atoms with van der Waals surface area (Å²) in [5.41, 5.74) is 2.52. The van der Waals surface area contributed by atoms with Crippen LogP contribution in [0, 0.1) is 0 Å². The van der Waals surface area contributed by atoms with Crippen molar-refractivity contribution in [2.75, 3.05) is 19.8 Å². The van der Waals surface area contributed by atoms with Gasteiger partial charge in [0.2, 0.25) is 0 Å². The van der Waals surface area contributed by atoms with Gasteiger partial charge in [0.05, 0.1) is 12.6 Å². The third kappa shape index (κ3) is 1.68. The monoisotopic (exact) mass is 244 g/mol. The predicted octanol–water partition coefficient (Wildman–Crippen LogP) is 0.332. The first-order valence-electron chi connectivity index (χ1n) is 4.54. The second-order valence-corrected chi connectivity index (χ2v) is 3.62. The quantitative estimate of drug-likeness (QED) is 0.653. The van der Waals surface area contributed by atoms with Crippen LogP contribution in [0.1, 0.15) is 0 Å². The predicted molar refractivity (Wildman–Crippen MR) is 44.9 cm³/mol. The Bertz CT molecular complexity index is 312. The molecular formula is C7H9F5N4. The minimum Gasteiger partial charge on any atom is -0.337 e. The zero-order valence-corrected chi connectivity index (χ0v) is 7.98. The SMILES string of the molecule is FC(F)(F)C(F)(F)C1CN2CNN=C2CN1. The summed E-state index contributed by atoms with van der Waals surface area (Å²) in [5.74, 6) is -4.28. The number of alkyl halides is 5. The van der Waals surface area contributed by atoms with Crippen LogP contribution < -0.4 is 10.7 Å². The van der Waals surface area contributed by atoms with Crippen LogP contribution in [-0.4, -0.2) is 48.6 Å². The van der Waals surface area contributed by atoms with E-state index in [2.05, 4.69) is 15.8 Å². The summed E-state index contributed by atoms with van der Waals surface area (Å²) in [6.07, 6.45) is -5.54. The second kappa shape index (κ2) is 3.44. The molecule has 9 heteroatoms. The molecule has 0 aromatic carbocycles. The van der Waals surface area contributed by atoms with E-state index >= 15 is 0 Å². The molecule has 0 spiro atoms. The molecule has 1 fully saturated rings. The van der Waals surface area contributed by atoms with E-state index in [1.165, 1.54) is 4.90 Å². The van der Waals surface area contributed by atoms with Gasteiger partial charge in [0.1, 0.15) is 12.5 Å². The molecule has 0 radical (unpaired) electrons. The fourth-order valence-corrected chi connectivity index (χ4v) is 1.64. The number of halogens is 5. The molecule has 2 N–H and O–H groups in total. The Labute approximate surface area is 87.5 Å². The lowest BCUT2D eigenvalue weighted by molar-refractivity contribution is -0.293. The first-order chi connectivity index (χ1) is 7.32. The highest BCUT2D eigenvalue weighted by atomic mass is 19.4. The van der Waals surface area contributed by atoms with Crippen molar-refractivity contribution in [2.45, 2.75) is 18.1 Å². The topological polar surface area (TPSA) is 39.7 Å². The van der Waals surface area contributed by atoms with Crippen molar-refractivity contribution in [3.63, 3.8) is 0 Å². The summed E-state index contributed by atoms with van der Waals surface area (Å²) in [7, 11) is 0. The number of nitrogens with zero attached hydrogens (tertiary/aromatic N) is 2. The molecule has 16 heavy (non-hydrogen) atoms. The normalized spacial score (nSPS) is 26.2. The molecule has 0 saturated carbocycles. The minimum absolute atomic E-state index is 0.0939. The molecule has 0 aromatic heterocycles. The summed E-state index contributed by atoms with van der Waals surface area (Å²) < 4.78 is 62.3. The molecule has 0 amide bonds. The average molecular weight is 244 g/mol. The number of fused-ring (bicyclic) bond motifs is 1. The van der Waals surface area contributed by atoms with Crippen molar-refractivity contribution in [1.82, 2.24) is 15.6 Å². The summed E-state index contributed by atoms with van der Waals surface area (Å²) in [4.78, 5) is 1.36. The zero-order valence-electron chi connectivity index (χ0n) is 7.98. The molecule has 2 rings (SSSR count). The second-order valence-electron chi connectivity index (χ2n) is 3.62. The van der Waals surface area contributed by atoms with Crippen molar-refractivity contribution >= 4 is 5.84 Å². The highest BCUT2D eigenvalue weighted by Gasteiger charge is 2.63. The van der Waals surface area contributed by atoms with Gasteiger partial charge in [-0.25, -0.2) is 0 Å². The van der Waals surface area contributed by atoms with Gasteiger partial charge in [-0.05, 0) is 0 Å². The number of piperazine rings is 1. The average Bonchev–Trinajstić information content (AvgIpc) is 2.61. The fraction of sp³-hybridized carbons (Fsp3) is 0.857. The van der Waals surface area contributed by atoms with Crippen molar-refractivity contribution in [3.8, 4) is 0 Å². The highest BCUT2D eigenvalue weighted by molar-refractivity contribution is 5.85. The Hall–Kier alpha value is -1.12. The van der Waals surface area contributed by atoms with Crippen molar-refractivity contribution in [1.29, 1.82) is 0 Å². The van der Waals surface area contributed by atoms with E-state index in [9.17, 15) is 22.0 Å². The van der Waals surface area contributed by atoms with Crippen LogP contribution in [0.25, 0.3) is 0 Å². The van der Waals surface area contributed by atoms with Crippen LogP contribution in [-0.2, 0) is 0 Å². The van der Waals surface area contributed by atoms with E-state index in [0.29, 0.717) is 5.84 Å². The van der Waals surface area contributed by atoms with Gasteiger partial charge in [0.15, 0.2) is 0 Å². The van der Waals surface area contributed by atoms with Crippen LogP contribution in [0.2, 0.25) is 0 Å². The lowest BCUT2D eigenvalue weighted by Gasteiger charge is -2.36. The van der Waals surface area contributed by atoms with Crippen molar-refractivity contribution in [3.05, 3.63) is 0 Å². The molecule has 0 bridgehead atoms. The molecule has 1 unspecified atom stereocenters. The number of hydrogen-bond acceptors (Lipinski definition) is 4. The maximum absolute atomic E-state index is 13.0. The van der Waals surface area contributed by atoms with Gasteiger partial charge in [-0.2, -0.15) is 27.1 Å². The standard InChI is InChI=1S/C7H9F5N4/c8-6(9,7(10,11)12)4-2-16-3-14-15-5(16)1-13-4/h4,13-14H,1-3H2. The van der Waals surface area contributed by atoms with Gasteiger partial charge in [-0.3, -0.25) is 10.7 Å². The maximum atomic E-state index is 13.0. The number of amidine groups is 1. The van der Waals surface area contributed by atoms with Crippen LogP contribution in [0.3, 0.4) is 0 Å². The largest absolute Gasteiger partial charge is 0.455 e. The molecule has 0 aromatic rings. The Morgan fingerprint density at radius 1 is 1.25 bits per heavy atom. The van der Waals surface area contributed by atoms with Gasteiger partial charge in [-0.15, -0.1) is 0 Å². The molecule has 2 heterocycles. The van der Waals surface area contributed by atoms with Crippen LogP contribution >= 0.6 is 0 Å². The number of rotatable bonds is 1. The van der Waals surface area contributed by atoms with Crippen LogP contribution in [0.5, 0.6) is 0 Å². The van der Waals surface area contributed by atoms with Crippen LogP contribution in [0.15, 0.2) is 5.10 Å². The summed E-state index contributed by atoms with van der Waals surface area (Å²) in [6.45, 7) is -0.344. The Kier molecular flexibility index (Phi) is 2.44. The third-order valence-corrected chi connectivity index (χ3v) is 2.56. The van der Waals surface area contributed by atoms with Gasteiger partial charge in [0.25, 0.3) is 0 Å². The molecule has 0 aliphatic carbocycles. The lowest BCUT2D eigenvalue weighted by Crippen LogP contribution is -2.63. The van der Waals surface area contributed by atoms with Crippen LogP contribution in [0.4, 0.5) is 22.0 Å². The summed E-state index contributed by atoms with van der Waals surface area (Å²) in [5, 5.41) is 5.90. The van der Waals surface area contributed by atoms with E-state index in [0.717, 1.165) is 0 Å².